The van der Waals surface area contributed by atoms with E-state index < -0.39 is 65.4 Å². The highest BCUT2D eigenvalue weighted by atomic mass is 16.6. The number of esters is 1. The summed E-state index contributed by atoms with van der Waals surface area (Å²) in [5.74, 6) is -1.90. The summed E-state index contributed by atoms with van der Waals surface area (Å²) in [6.07, 6.45) is -0.293. The third kappa shape index (κ3) is 10.9. The van der Waals surface area contributed by atoms with Gasteiger partial charge in [0.25, 0.3) is 0 Å². The average Bonchev–Trinajstić information content (AvgIpc) is 2.93. The zero-order chi connectivity index (χ0) is 35.0. The number of aliphatic hydroxyl groups excluding tert-OH is 1. The van der Waals surface area contributed by atoms with E-state index in [1.165, 1.54) is 4.90 Å². The van der Waals surface area contributed by atoms with Gasteiger partial charge in [0.05, 0.1) is 6.61 Å². The fourth-order valence-corrected chi connectivity index (χ4v) is 5.05. The van der Waals surface area contributed by atoms with Crippen LogP contribution in [0.2, 0.25) is 0 Å². The van der Waals surface area contributed by atoms with E-state index in [4.69, 9.17) is 9.47 Å². The standard InChI is InChI=1S/C36H53N3O7/c1-12-36(10,11)39(31(42)27(22-40)38-33(44)46-35(7,8)9)29(28-23(2)17-16-18-24(28)3)30(41)37-26(32(43)45-34(4,5)6)21-25-19-14-13-15-20-25/h13-20,26-27,29,40H,12,21-22H2,1-11H3,(H,37,41)(H,38,44). The summed E-state index contributed by atoms with van der Waals surface area (Å²) in [6.45, 7) is 18.8. The van der Waals surface area contributed by atoms with Crippen LogP contribution in [0.15, 0.2) is 48.5 Å². The molecule has 0 aliphatic heterocycles. The van der Waals surface area contributed by atoms with Crippen molar-refractivity contribution < 1.29 is 33.8 Å². The Morgan fingerprint density at radius 3 is 1.80 bits per heavy atom. The van der Waals surface area contributed by atoms with E-state index in [2.05, 4.69) is 10.6 Å². The molecule has 254 valence electrons. The van der Waals surface area contributed by atoms with Crippen LogP contribution < -0.4 is 10.6 Å². The SMILES string of the molecule is CCC(C)(C)N(C(=O)C(CO)NC(=O)OC(C)(C)C)C(C(=O)NC(Cc1ccccc1)C(=O)OC(C)(C)C)c1c(C)cccc1C. The average molecular weight is 640 g/mol. The van der Waals surface area contributed by atoms with Gasteiger partial charge in [-0.25, -0.2) is 9.59 Å². The van der Waals surface area contributed by atoms with Crippen LogP contribution in [0.1, 0.15) is 97.0 Å². The lowest BCUT2D eigenvalue weighted by Crippen LogP contribution is -2.61. The minimum atomic E-state index is -1.41. The van der Waals surface area contributed by atoms with E-state index >= 15 is 0 Å². The highest BCUT2D eigenvalue weighted by Gasteiger charge is 2.45. The summed E-state index contributed by atoms with van der Waals surface area (Å²) in [4.78, 5) is 56.8. The van der Waals surface area contributed by atoms with Crippen molar-refractivity contribution in [2.45, 2.75) is 124 Å². The topological polar surface area (TPSA) is 134 Å². The first-order valence-electron chi connectivity index (χ1n) is 15.8. The molecule has 10 heteroatoms. The van der Waals surface area contributed by atoms with Crippen molar-refractivity contribution in [3.05, 3.63) is 70.8 Å². The number of ether oxygens (including phenoxy) is 2. The zero-order valence-corrected chi connectivity index (χ0v) is 29.3. The molecule has 3 unspecified atom stereocenters. The van der Waals surface area contributed by atoms with E-state index in [0.717, 1.165) is 16.7 Å². The van der Waals surface area contributed by atoms with Crippen LogP contribution in [-0.2, 0) is 30.3 Å². The van der Waals surface area contributed by atoms with Gasteiger partial charge in [0.15, 0.2) is 0 Å². The number of aliphatic hydroxyl groups is 1. The number of nitrogens with one attached hydrogen (secondary N) is 2. The predicted octanol–water partition coefficient (Wildman–Crippen LogP) is 5.32. The Hall–Kier alpha value is -3.92. The Balaban J connectivity index is 2.72. The first-order chi connectivity index (χ1) is 21.2. The van der Waals surface area contributed by atoms with Gasteiger partial charge in [0, 0.05) is 12.0 Å². The second-order valence-electron chi connectivity index (χ2n) is 14.2. The second kappa shape index (κ2) is 15.6. The van der Waals surface area contributed by atoms with E-state index in [9.17, 15) is 24.3 Å². The summed E-state index contributed by atoms with van der Waals surface area (Å²) in [5, 5.41) is 15.7. The maximum atomic E-state index is 14.7. The monoisotopic (exact) mass is 639 g/mol. The van der Waals surface area contributed by atoms with Gasteiger partial charge >= 0.3 is 12.1 Å². The molecular weight excluding hydrogens is 586 g/mol. The molecule has 2 aromatic carbocycles. The van der Waals surface area contributed by atoms with Gasteiger partial charge in [0.1, 0.15) is 29.3 Å². The quantitative estimate of drug-likeness (QED) is 0.268. The fraction of sp³-hybridized carbons (Fsp3) is 0.556. The van der Waals surface area contributed by atoms with Crippen molar-refractivity contribution in [3.63, 3.8) is 0 Å². The van der Waals surface area contributed by atoms with Crippen LogP contribution >= 0.6 is 0 Å². The zero-order valence-electron chi connectivity index (χ0n) is 29.3. The van der Waals surface area contributed by atoms with Crippen LogP contribution in [0, 0.1) is 13.8 Å². The number of rotatable bonds is 12. The first kappa shape index (κ1) is 38.3. The Kier molecular flexibility index (Phi) is 13.0. The lowest BCUT2D eigenvalue weighted by atomic mass is 9.88. The van der Waals surface area contributed by atoms with Crippen LogP contribution in [0.25, 0.3) is 0 Å². The summed E-state index contributed by atoms with van der Waals surface area (Å²) >= 11 is 0. The largest absolute Gasteiger partial charge is 0.458 e. The molecule has 3 N–H and O–H groups in total. The molecule has 0 saturated carbocycles. The molecular formula is C36H53N3O7. The molecule has 0 fully saturated rings. The van der Waals surface area contributed by atoms with Gasteiger partial charge in [-0.3, -0.25) is 9.59 Å². The maximum Gasteiger partial charge on any atom is 0.408 e. The molecule has 0 aromatic heterocycles. The van der Waals surface area contributed by atoms with Crippen molar-refractivity contribution in [2.75, 3.05) is 6.61 Å². The van der Waals surface area contributed by atoms with E-state index in [-0.39, 0.29) is 6.42 Å². The van der Waals surface area contributed by atoms with Gasteiger partial charge in [0.2, 0.25) is 11.8 Å². The summed E-state index contributed by atoms with van der Waals surface area (Å²) < 4.78 is 11.1. The van der Waals surface area contributed by atoms with Crippen LogP contribution in [0.3, 0.4) is 0 Å². The maximum absolute atomic E-state index is 14.7. The smallest absolute Gasteiger partial charge is 0.408 e. The van der Waals surface area contributed by atoms with Crippen molar-refractivity contribution >= 4 is 23.9 Å². The van der Waals surface area contributed by atoms with Gasteiger partial charge in [-0.15, -0.1) is 0 Å². The number of carbonyl (C=O) groups is 4. The molecule has 3 amide bonds. The van der Waals surface area contributed by atoms with Gasteiger partial charge < -0.3 is 30.1 Å². The number of carbonyl (C=O) groups excluding carboxylic acids is 4. The minimum absolute atomic E-state index is 0.158. The molecule has 46 heavy (non-hydrogen) atoms. The number of amides is 3. The molecule has 0 aliphatic rings. The number of hydrogen-bond acceptors (Lipinski definition) is 7. The van der Waals surface area contributed by atoms with Crippen LogP contribution in [-0.4, -0.2) is 69.3 Å². The molecule has 3 atom stereocenters. The van der Waals surface area contributed by atoms with Crippen LogP contribution in [0.4, 0.5) is 4.79 Å². The molecule has 0 saturated heterocycles. The van der Waals surface area contributed by atoms with Gasteiger partial charge in [-0.05, 0) is 97.9 Å². The summed E-state index contributed by atoms with van der Waals surface area (Å²) in [7, 11) is 0. The third-order valence-electron chi connectivity index (χ3n) is 7.54. The highest BCUT2D eigenvalue weighted by Crippen LogP contribution is 2.35. The molecule has 0 heterocycles. The minimum Gasteiger partial charge on any atom is -0.458 e. The number of alkyl carbamates (subject to hydrolysis) is 1. The number of benzene rings is 2. The Bertz CT molecular complexity index is 1340. The lowest BCUT2D eigenvalue weighted by molar-refractivity contribution is -0.159. The molecule has 10 nitrogen and oxygen atoms in total. The fourth-order valence-electron chi connectivity index (χ4n) is 5.05. The molecule has 0 radical (unpaired) electrons. The number of hydrogen-bond donors (Lipinski definition) is 3. The molecule has 0 spiro atoms. The van der Waals surface area contributed by atoms with Crippen molar-refractivity contribution in [1.82, 2.24) is 15.5 Å². The van der Waals surface area contributed by atoms with Crippen LogP contribution in [0.5, 0.6) is 0 Å². The first-order valence-corrected chi connectivity index (χ1v) is 15.8. The Morgan fingerprint density at radius 1 is 0.783 bits per heavy atom. The Morgan fingerprint density at radius 2 is 1.33 bits per heavy atom. The lowest BCUT2D eigenvalue weighted by Gasteiger charge is -2.45. The van der Waals surface area contributed by atoms with Gasteiger partial charge in [-0.2, -0.15) is 0 Å². The molecule has 0 bridgehead atoms. The third-order valence-corrected chi connectivity index (χ3v) is 7.54. The van der Waals surface area contributed by atoms with Crippen molar-refractivity contribution in [1.29, 1.82) is 0 Å². The highest BCUT2D eigenvalue weighted by molar-refractivity contribution is 5.95. The summed E-state index contributed by atoms with van der Waals surface area (Å²) in [5.41, 5.74) is 0.294. The normalized spacial score (nSPS) is 14.0. The van der Waals surface area contributed by atoms with Gasteiger partial charge in [-0.1, -0.05) is 55.5 Å². The molecule has 2 rings (SSSR count). The van der Waals surface area contributed by atoms with Crippen molar-refractivity contribution in [3.8, 4) is 0 Å². The number of nitrogens with zero attached hydrogens (tertiary/aromatic N) is 1. The predicted molar refractivity (Wildman–Crippen MR) is 178 cm³/mol. The van der Waals surface area contributed by atoms with E-state index in [0.29, 0.717) is 12.0 Å². The van der Waals surface area contributed by atoms with E-state index in [1.807, 2.05) is 83.1 Å². The number of aryl methyl sites for hydroxylation is 2. The molecule has 0 aliphatic carbocycles. The second-order valence-corrected chi connectivity index (χ2v) is 14.2. The van der Waals surface area contributed by atoms with E-state index in [1.54, 1.807) is 41.5 Å². The van der Waals surface area contributed by atoms with Crippen molar-refractivity contribution in [2.24, 2.45) is 0 Å². The molecule has 2 aromatic rings. The Labute approximate surface area is 274 Å². The summed E-state index contributed by atoms with van der Waals surface area (Å²) in [6, 6.07) is 11.1.